The average Bonchev–Trinajstić information content (AvgIpc) is 2.55. The van der Waals surface area contributed by atoms with Gasteiger partial charge >= 0.3 is 0 Å². The van der Waals surface area contributed by atoms with E-state index in [1.54, 1.807) is 0 Å². The molecule has 1 aromatic carbocycles. The minimum atomic E-state index is 0.152. The van der Waals surface area contributed by atoms with Gasteiger partial charge in [0.1, 0.15) is 0 Å². The van der Waals surface area contributed by atoms with Crippen molar-refractivity contribution in [1.82, 2.24) is 15.2 Å². The number of pyridine rings is 1. The topological polar surface area (TPSA) is 54.2 Å². The van der Waals surface area contributed by atoms with E-state index < -0.39 is 0 Å². The number of para-hydroxylation sites is 1. The van der Waals surface area contributed by atoms with Gasteiger partial charge in [0.15, 0.2) is 0 Å². The highest BCUT2D eigenvalue weighted by molar-refractivity contribution is 5.82. The highest BCUT2D eigenvalue weighted by atomic mass is 15.1. The molecular weight excluding hydrogens is 260 g/mol. The predicted molar refractivity (Wildman–Crippen MR) is 89.3 cm³/mol. The Balaban J connectivity index is 2.09. The lowest BCUT2D eigenvalue weighted by Crippen LogP contribution is -2.36. The van der Waals surface area contributed by atoms with Gasteiger partial charge in [0.25, 0.3) is 0 Å². The Hall–Kier alpha value is -1.49. The van der Waals surface area contributed by atoms with E-state index in [1.807, 2.05) is 12.3 Å². The van der Waals surface area contributed by atoms with Gasteiger partial charge in [0, 0.05) is 37.3 Å². The van der Waals surface area contributed by atoms with E-state index >= 15 is 0 Å². The zero-order valence-corrected chi connectivity index (χ0v) is 13.0. The molecule has 21 heavy (non-hydrogen) atoms. The smallest absolute Gasteiger partial charge is 0.0750 e. The molecule has 2 rings (SSSR count). The van der Waals surface area contributed by atoms with Crippen molar-refractivity contribution < 1.29 is 0 Å². The second-order valence-electron chi connectivity index (χ2n) is 5.19. The summed E-state index contributed by atoms with van der Waals surface area (Å²) in [5.41, 5.74) is 8.21. The Morgan fingerprint density at radius 2 is 1.95 bits per heavy atom. The fraction of sp³-hybridized carbons (Fsp3) is 0.471. The SMILES string of the molecule is CCN(CC)CCNC(CN)c1cccc2cccnc12. The molecule has 1 aromatic heterocycles. The van der Waals surface area contributed by atoms with Gasteiger partial charge in [-0.05, 0) is 24.7 Å². The minimum Gasteiger partial charge on any atom is -0.329 e. The molecule has 0 aliphatic carbocycles. The number of likely N-dealkylation sites (N-methyl/N-ethyl adjacent to an activating group) is 1. The number of nitrogens with two attached hydrogens (primary N) is 1. The molecule has 1 unspecified atom stereocenters. The number of hydrogen-bond donors (Lipinski definition) is 2. The van der Waals surface area contributed by atoms with Crippen LogP contribution in [0.2, 0.25) is 0 Å². The van der Waals surface area contributed by atoms with Crippen molar-refractivity contribution in [2.24, 2.45) is 5.73 Å². The predicted octanol–water partition coefficient (Wildman–Crippen LogP) is 2.17. The standard InChI is InChI=1S/C17H26N4/c1-3-21(4-2)12-11-19-16(13-18)15-9-5-7-14-8-6-10-20-17(14)15/h5-10,16,19H,3-4,11-13,18H2,1-2H3. The van der Waals surface area contributed by atoms with Gasteiger partial charge in [-0.25, -0.2) is 0 Å². The fourth-order valence-electron chi connectivity index (χ4n) is 2.67. The van der Waals surface area contributed by atoms with Crippen molar-refractivity contribution in [2.45, 2.75) is 19.9 Å². The molecule has 1 heterocycles. The van der Waals surface area contributed by atoms with Gasteiger partial charge in [0.05, 0.1) is 5.52 Å². The number of nitrogens with zero attached hydrogens (tertiary/aromatic N) is 2. The zero-order valence-electron chi connectivity index (χ0n) is 13.0. The molecule has 0 aliphatic heterocycles. The Labute approximate surface area is 127 Å². The molecule has 0 spiro atoms. The maximum atomic E-state index is 5.97. The number of hydrogen-bond acceptors (Lipinski definition) is 4. The molecule has 114 valence electrons. The van der Waals surface area contributed by atoms with Crippen LogP contribution in [0.15, 0.2) is 36.5 Å². The lowest BCUT2D eigenvalue weighted by molar-refractivity contribution is 0.297. The lowest BCUT2D eigenvalue weighted by atomic mass is 10.0. The normalized spacial score (nSPS) is 13.0. The van der Waals surface area contributed by atoms with Gasteiger partial charge in [-0.1, -0.05) is 38.1 Å². The second kappa shape index (κ2) is 8.08. The molecule has 4 nitrogen and oxygen atoms in total. The summed E-state index contributed by atoms with van der Waals surface area (Å²) >= 11 is 0. The van der Waals surface area contributed by atoms with Crippen molar-refractivity contribution in [3.8, 4) is 0 Å². The number of benzene rings is 1. The minimum absolute atomic E-state index is 0.152. The largest absolute Gasteiger partial charge is 0.329 e. The molecule has 3 N–H and O–H groups in total. The van der Waals surface area contributed by atoms with E-state index in [-0.39, 0.29) is 6.04 Å². The zero-order chi connectivity index (χ0) is 15.1. The summed E-state index contributed by atoms with van der Waals surface area (Å²) < 4.78 is 0. The Kier molecular flexibility index (Phi) is 6.11. The first-order valence-electron chi connectivity index (χ1n) is 7.79. The molecule has 0 amide bonds. The third-order valence-electron chi connectivity index (χ3n) is 3.99. The van der Waals surface area contributed by atoms with Gasteiger partial charge in [-0.15, -0.1) is 0 Å². The third kappa shape index (κ3) is 4.00. The molecule has 1 atom stereocenters. The van der Waals surface area contributed by atoms with Crippen molar-refractivity contribution in [3.05, 3.63) is 42.1 Å². The number of nitrogens with one attached hydrogen (secondary N) is 1. The van der Waals surface area contributed by atoms with Crippen molar-refractivity contribution >= 4 is 10.9 Å². The molecule has 2 aromatic rings. The Morgan fingerprint density at radius 3 is 2.67 bits per heavy atom. The Bertz CT molecular complexity index is 546. The first-order chi connectivity index (χ1) is 10.3. The highest BCUT2D eigenvalue weighted by Gasteiger charge is 2.13. The summed E-state index contributed by atoms with van der Waals surface area (Å²) in [6, 6.07) is 10.5. The summed E-state index contributed by atoms with van der Waals surface area (Å²) in [7, 11) is 0. The third-order valence-corrected chi connectivity index (χ3v) is 3.99. The number of fused-ring (bicyclic) bond motifs is 1. The van der Waals surface area contributed by atoms with Crippen LogP contribution in [0.25, 0.3) is 10.9 Å². The van der Waals surface area contributed by atoms with Gasteiger partial charge < -0.3 is 16.0 Å². The second-order valence-corrected chi connectivity index (χ2v) is 5.19. The molecule has 0 saturated heterocycles. The van der Waals surface area contributed by atoms with E-state index in [0.29, 0.717) is 6.54 Å². The molecule has 0 radical (unpaired) electrons. The van der Waals surface area contributed by atoms with Crippen LogP contribution in [0.4, 0.5) is 0 Å². The fourth-order valence-corrected chi connectivity index (χ4v) is 2.67. The maximum absolute atomic E-state index is 5.97. The summed E-state index contributed by atoms with van der Waals surface area (Å²) in [5.74, 6) is 0. The van der Waals surface area contributed by atoms with Crippen LogP contribution in [0, 0.1) is 0 Å². The molecule has 0 aliphatic rings. The summed E-state index contributed by atoms with van der Waals surface area (Å²) in [6.45, 7) is 9.11. The Morgan fingerprint density at radius 1 is 1.19 bits per heavy atom. The monoisotopic (exact) mass is 286 g/mol. The van der Waals surface area contributed by atoms with Crippen LogP contribution in [0.5, 0.6) is 0 Å². The van der Waals surface area contributed by atoms with E-state index in [0.717, 1.165) is 31.7 Å². The number of rotatable bonds is 8. The molecular formula is C17H26N4. The first kappa shape index (κ1) is 15.9. The summed E-state index contributed by atoms with van der Waals surface area (Å²) in [6.07, 6.45) is 1.84. The molecule has 4 heteroatoms. The first-order valence-corrected chi connectivity index (χ1v) is 7.79. The quantitative estimate of drug-likeness (QED) is 0.781. The highest BCUT2D eigenvalue weighted by Crippen LogP contribution is 2.21. The van der Waals surface area contributed by atoms with E-state index in [9.17, 15) is 0 Å². The van der Waals surface area contributed by atoms with Crippen LogP contribution < -0.4 is 11.1 Å². The summed E-state index contributed by atoms with van der Waals surface area (Å²) in [5, 5.41) is 4.74. The van der Waals surface area contributed by atoms with E-state index in [4.69, 9.17) is 5.73 Å². The number of aromatic nitrogens is 1. The van der Waals surface area contributed by atoms with Gasteiger partial charge in [-0.2, -0.15) is 0 Å². The molecule has 0 bridgehead atoms. The summed E-state index contributed by atoms with van der Waals surface area (Å²) in [4.78, 5) is 6.92. The van der Waals surface area contributed by atoms with Gasteiger partial charge in [0.2, 0.25) is 0 Å². The molecule has 0 fully saturated rings. The van der Waals surface area contributed by atoms with E-state index in [1.165, 1.54) is 10.9 Å². The van der Waals surface area contributed by atoms with Crippen LogP contribution in [-0.2, 0) is 0 Å². The van der Waals surface area contributed by atoms with Gasteiger partial charge in [-0.3, -0.25) is 4.98 Å². The average molecular weight is 286 g/mol. The lowest BCUT2D eigenvalue weighted by Gasteiger charge is -2.22. The maximum Gasteiger partial charge on any atom is 0.0750 e. The van der Waals surface area contributed by atoms with Crippen molar-refractivity contribution in [3.63, 3.8) is 0 Å². The van der Waals surface area contributed by atoms with Crippen LogP contribution in [-0.4, -0.2) is 42.6 Å². The van der Waals surface area contributed by atoms with Crippen LogP contribution >= 0.6 is 0 Å². The molecule has 0 saturated carbocycles. The van der Waals surface area contributed by atoms with Crippen LogP contribution in [0.1, 0.15) is 25.5 Å². The van der Waals surface area contributed by atoms with E-state index in [2.05, 4.69) is 53.3 Å². The van der Waals surface area contributed by atoms with Crippen molar-refractivity contribution in [1.29, 1.82) is 0 Å². The van der Waals surface area contributed by atoms with Crippen molar-refractivity contribution in [2.75, 3.05) is 32.7 Å². The van der Waals surface area contributed by atoms with Crippen LogP contribution in [0.3, 0.4) is 0 Å².